The largest absolute Gasteiger partial charge is 0.380 e. The molecule has 184 valence electrons. The second-order valence-electron chi connectivity index (χ2n) is 9.10. The van der Waals surface area contributed by atoms with Gasteiger partial charge in [0.1, 0.15) is 11.6 Å². The Morgan fingerprint density at radius 1 is 1.17 bits per heavy atom. The molecule has 35 heavy (non-hydrogen) atoms. The molecule has 2 N–H and O–H groups in total. The number of aromatic nitrogens is 1. The molecule has 1 amide bonds. The molecule has 0 bridgehead atoms. The van der Waals surface area contributed by atoms with Crippen molar-refractivity contribution in [2.24, 2.45) is 0 Å². The summed E-state index contributed by atoms with van der Waals surface area (Å²) >= 11 is 6.34. The predicted octanol–water partition coefficient (Wildman–Crippen LogP) is 5.84. The second kappa shape index (κ2) is 11.1. The predicted molar refractivity (Wildman–Crippen MR) is 140 cm³/mol. The molecule has 0 spiro atoms. The Kier molecular flexibility index (Phi) is 7.88. The van der Waals surface area contributed by atoms with Crippen LogP contribution in [0.2, 0.25) is 5.02 Å². The molecular weight excluding hydrogens is 465 g/mol. The monoisotopic (exact) mass is 495 g/mol. The van der Waals surface area contributed by atoms with Crippen LogP contribution >= 0.6 is 11.6 Å². The molecule has 2 aromatic carbocycles. The summed E-state index contributed by atoms with van der Waals surface area (Å²) < 4.78 is 13.5. The molecule has 2 heterocycles. The third kappa shape index (κ3) is 6.29. The minimum atomic E-state index is -0.273. The highest BCUT2D eigenvalue weighted by atomic mass is 35.5. The molecule has 1 atom stereocenters. The molecule has 4 rings (SSSR count). The average Bonchev–Trinajstić information content (AvgIpc) is 2.84. The molecule has 1 saturated heterocycles. The van der Waals surface area contributed by atoms with E-state index < -0.39 is 0 Å². The molecule has 1 aliphatic rings. The number of carbonyl (C=O) groups excluding carboxylic acids is 1. The van der Waals surface area contributed by atoms with Crippen molar-refractivity contribution in [2.75, 3.05) is 30.3 Å². The minimum absolute atomic E-state index is 0.00734. The summed E-state index contributed by atoms with van der Waals surface area (Å²) in [6.07, 6.45) is 1.58. The zero-order valence-electron chi connectivity index (χ0n) is 20.3. The lowest BCUT2D eigenvalue weighted by atomic mass is 10.0. The first-order valence-corrected chi connectivity index (χ1v) is 12.2. The highest BCUT2D eigenvalue weighted by molar-refractivity contribution is 6.33. The maximum atomic E-state index is 13.5. The molecule has 8 heteroatoms. The summed E-state index contributed by atoms with van der Waals surface area (Å²) in [5, 5.41) is 7.08. The number of hydrogen-bond donors (Lipinski definition) is 2. The van der Waals surface area contributed by atoms with Gasteiger partial charge in [0.05, 0.1) is 22.9 Å². The number of nitrogens with zero attached hydrogens (tertiary/aromatic N) is 3. The van der Waals surface area contributed by atoms with E-state index >= 15 is 0 Å². The number of carbonyl (C=O) groups is 1. The van der Waals surface area contributed by atoms with Crippen molar-refractivity contribution >= 4 is 34.7 Å². The molecule has 1 aliphatic heterocycles. The highest BCUT2D eigenvalue weighted by Crippen LogP contribution is 2.30. The van der Waals surface area contributed by atoms with E-state index in [0.29, 0.717) is 29.1 Å². The smallest absolute Gasteiger partial charge is 0.220 e. The van der Waals surface area contributed by atoms with Crippen molar-refractivity contribution in [2.45, 2.75) is 39.4 Å². The molecular formula is C27H31ClFN5O. The third-order valence-corrected chi connectivity index (χ3v) is 6.62. The van der Waals surface area contributed by atoms with Crippen LogP contribution in [-0.4, -0.2) is 46.4 Å². The first-order valence-electron chi connectivity index (χ1n) is 11.8. The number of hydrogen-bond acceptors (Lipinski definition) is 5. The number of benzene rings is 2. The SMILES string of the molecule is CC(=O)N1CCN(C(C)C)CC1c1cccc(Nc2cc(NCc3cccc(F)c3)c(Cl)cn2)c1. The Balaban J connectivity index is 1.51. The van der Waals surface area contributed by atoms with Gasteiger partial charge in [-0.25, -0.2) is 9.37 Å². The van der Waals surface area contributed by atoms with E-state index in [-0.39, 0.29) is 17.8 Å². The van der Waals surface area contributed by atoms with Gasteiger partial charge < -0.3 is 15.5 Å². The molecule has 1 aromatic heterocycles. The van der Waals surface area contributed by atoms with Gasteiger partial charge in [-0.1, -0.05) is 35.9 Å². The van der Waals surface area contributed by atoms with Gasteiger partial charge in [0, 0.05) is 50.9 Å². The van der Waals surface area contributed by atoms with Gasteiger partial charge >= 0.3 is 0 Å². The van der Waals surface area contributed by atoms with Crippen LogP contribution < -0.4 is 10.6 Å². The van der Waals surface area contributed by atoms with E-state index in [1.165, 1.54) is 12.1 Å². The molecule has 3 aromatic rings. The Labute approximate surface area is 211 Å². The van der Waals surface area contributed by atoms with Gasteiger partial charge in [-0.05, 0) is 49.2 Å². The lowest BCUT2D eigenvalue weighted by Gasteiger charge is -2.43. The number of anilines is 3. The lowest BCUT2D eigenvalue weighted by Crippen LogP contribution is -2.51. The zero-order chi connectivity index (χ0) is 24.9. The quantitative estimate of drug-likeness (QED) is 0.431. The zero-order valence-corrected chi connectivity index (χ0v) is 21.0. The van der Waals surface area contributed by atoms with Crippen molar-refractivity contribution in [3.8, 4) is 0 Å². The third-order valence-electron chi connectivity index (χ3n) is 6.32. The number of amides is 1. The molecule has 6 nitrogen and oxygen atoms in total. The van der Waals surface area contributed by atoms with Crippen molar-refractivity contribution in [1.82, 2.24) is 14.8 Å². The maximum absolute atomic E-state index is 13.5. The molecule has 0 saturated carbocycles. The summed E-state index contributed by atoms with van der Waals surface area (Å²) in [6, 6.07) is 16.8. The number of halogens is 2. The lowest BCUT2D eigenvalue weighted by molar-refractivity contribution is -0.134. The first kappa shape index (κ1) is 24.9. The number of rotatable bonds is 7. The fourth-order valence-corrected chi connectivity index (χ4v) is 4.56. The number of pyridine rings is 1. The van der Waals surface area contributed by atoms with Crippen molar-refractivity contribution in [3.63, 3.8) is 0 Å². The van der Waals surface area contributed by atoms with Crippen LogP contribution in [-0.2, 0) is 11.3 Å². The van der Waals surface area contributed by atoms with E-state index in [4.69, 9.17) is 11.6 Å². The minimum Gasteiger partial charge on any atom is -0.380 e. The summed E-state index contributed by atoms with van der Waals surface area (Å²) in [5.41, 5.74) is 3.47. The van der Waals surface area contributed by atoms with E-state index in [0.717, 1.165) is 36.4 Å². The maximum Gasteiger partial charge on any atom is 0.220 e. The normalized spacial score (nSPS) is 16.4. The summed E-state index contributed by atoms with van der Waals surface area (Å²) in [6.45, 7) is 8.84. The van der Waals surface area contributed by atoms with Gasteiger partial charge in [0.2, 0.25) is 5.91 Å². The van der Waals surface area contributed by atoms with Crippen LogP contribution in [0.5, 0.6) is 0 Å². The van der Waals surface area contributed by atoms with Crippen molar-refractivity contribution < 1.29 is 9.18 Å². The van der Waals surface area contributed by atoms with E-state index in [1.807, 2.05) is 29.2 Å². The molecule has 1 fully saturated rings. The van der Waals surface area contributed by atoms with Gasteiger partial charge in [0.25, 0.3) is 0 Å². The van der Waals surface area contributed by atoms with Crippen molar-refractivity contribution in [3.05, 3.63) is 82.8 Å². The summed E-state index contributed by atoms with van der Waals surface area (Å²) in [7, 11) is 0. The van der Waals surface area contributed by atoms with Gasteiger partial charge in [-0.2, -0.15) is 0 Å². The Morgan fingerprint density at radius 2 is 1.97 bits per heavy atom. The fourth-order valence-electron chi connectivity index (χ4n) is 4.39. The second-order valence-corrected chi connectivity index (χ2v) is 9.51. The van der Waals surface area contributed by atoms with Crippen LogP contribution in [0.4, 0.5) is 21.6 Å². The Bertz CT molecular complexity index is 1190. The van der Waals surface area contributed by atoms with Crippen molar-refractivity contribution in [1.29, 1.82) is 0 Å². The summed E-state index contributed by atoms with van der Waals surface area (Å²) in [5.74, 6) is 0.444. The van der Waals surface area contributed by atoms with Gasteiger partial charge in [-0.3, -0.25) is 9.69 Å². The Hall–Kier alpha value is -3.16. The van der Waals surface area contributed by atoms with E-state index in [2.05, 4.69) is 46.5 Å². The molecule has 0 radical (unpaired) electrons. The standard InChI is InChI=1S/C27H31ClFN5O/c1-18(2)33-10-11-34(19(3)35)26(17-33)21-7-5-9-23(13-21)32-27-14-25(24(28)16-31-27)30-15-20-6-4-8-22(29)12-20/h4-9,12-14,16,18,26H,10-11,15,17H2,1-3H3,(H2,30,31,32). The first-order chi connectivity index (χ1) is 16.8. The van der Waals surface area contributed by atoms with Gasteiger partial charge in [-0.15, -0.1) is 0 Å². The van der Waals surface area contributed by atoms with Crippen LogP contribution in [0.25, 0.3) is 0 Å². The van der Waals surface area contributed by atoms with Crippen LogP contribution in [0.1, 0.15) is 37.9 Å². The average molecular weight is 496 g/mol. The number of nitrogens with one attached hydrogen (secondary N) is 2. The van der Waals surface area contributed by atoms with Crippen LogP contribution in [0, 0.1) is 5.82 Å². The Morgan fingerprint density at radius 3 is 2.71 bits per heavy atom. The van der Waals surface area contributed by atoms with Crippen LogP contribution in [0.3, 0.4) is 0 Å². The summed E-state index contributed by atoms with van der Waals surface area (Å²) in [4.78, 5) is 21.1. The fraction of sp³-hybridized carbons (Fsp3) is 0.333. The van der Waals surface area contributed by atoms with Crippen LogP contribution in [0.15, 0.2) is 60.8 Å². The van der Waals surface area contributed by atoms with E-state index in [9.17, 15) is 9.18 Å². The topological polar surface area (TPSA) is 60.5 Å². The van der Waals surface area contributed by atoms with E-state index in [1.54, 1.807) is 19.2 Å². The van der Waals surface area contributed by atoms with Gasteiger partial charge in [0.15, 0.2) is 0 Å². The molecule has 1 unspecified atom stereocenters. The molecule has 0 aliphatic carbocycles. The number of piperazine rings is 1. The highest BCUT2D eigenvalue weighted by Gasteiger charge is 2.31.